The summed E-state index contributed by atoms with van der Waals surface area (Å²) < 4.78 is 32.4. The molecule has 0 unspecified atom stereocenters. The lowest BCUT2D eigenvalue weighted by atomic mass is 9.63. The molecule has 0 aromatic heterocycles. The maximum atomic E-state index is 13.9. The molecule has 0 saturated heterocycles. The summed E-state index contributed by atoms with van der Waals surface area (Å²) in [6, 6.07) is 10.3. The number of carbonyl (C=O) groups excluding carboxylic acids is 2. The van der Waals surface area contributed by atoms with Crippen molar-refractivity contribution in [2.45, 2.75) is 71.1 Å². The van der Waals surface area contributed by atoms with E-state index in [-0.39, 0.29) is 33.0 Å². The van der Waals surface area contributed by atoms with E-state index >= 15 is 0 Å². The lowest BCUT2D eigenvalue weighted by molar-refractivity contribution is -0.119. The number of benzene rings is 2. The van der Waals surface area contributed by atoms with Crippen LogP contribution in [0.25, 0.3) is 0 Å². The van der Waals surface area contributed by atoms with Gasteiger partial charge in [-0.15, -0.1) is 0 Å². The van der Waals surface area contributed by atoms with Crippen molar-refractivity contribution in [2.75, 3.05) is 6.54 Å². The number of rotatable bonds is 5. The Labute approximate surface area is 246 Å². The van der Waals surface area contributed by atoms with Crippen LogP contribution >= 0.6 is 23.2 Å². The minimum Gasteiger partial charge on any atom is -0.379 e. The molecule has 0 N–H and O–H groups in total. The van der Waals surface area contributed by atoms with E-state index in [4.69, 9.17) is 27.4 Å². The van der Waals surface area contributed by atoms with Gasteiger partial charge in [-0.1, -0.05) is 50.9 Å². The zero-order valence-corrected chi connectivity index (χ0v) is 25.6. The van der Waals surface area contributed by atoms with Crippen LogP contribution < -0.4 is 4.18 Å². The van der Waals surface area contributed by atoms with Crippen LogP contribution in [0.5, 0.6) is 5.75 Å². The molecule has 0 radical (unpaired) electrons. The van der Waals surface area contributed by atoms with Gasteiger partial charge in [-0.05, 0) is 73.1 Å². The first-order valence-electron chi connectivity index (χ1n) is 13.4. The first-order chi connectivity index (χ1) is 18.6. The van der Waals surface area contributed by atoms with Crippen LogP contribution in [-0.4, -0.2) is 31.4 Å². The summed E-state index contributed by atoms with van der Waals surface area (Å²) in [5.41, 5.74) is 2.72. The molecule has 0 saturated carbocycles. The van der Waals surface area contributed by atoms with E-state index in [2.05, 4.69) is 32.6 Å². The van der Waals surface area contributed by atoms with Crippen LogP contribution in [0.2, 0.25) is 10.0 Å². The van der Waals surface area contributed by atoms with Gasteiger partial charge in [-0.25, -0.2) is 0 Å². The van der Waals surface area contributed by atoms with Crippen molar-refractivity contribution in [3.8, 4) is 5.75 Å². The Hall–Kier alpha value is -2.61. The Morgan fingerprint density at radius 1 is 0.825 bits per heavy atom. The number of hydrogen-bond acceptors (Lipinski definition) is 6. The maximum Gasteiger partial charge on any atom is 0.339 e. The number of halogens is 2. The highest BCUT2D eigenvalue weighted by Gasteiger charge is 2.49. The van der Waals surface area contributed by atoms with Gasteiger partial charge >= 0.3 is 10.1 Å². The largest absolute Gasteiger partial charge is 0.379 e. The van der Waals surface area contributed by atoms with E-state index in [1.165, 1.54) is 30.3 Å². The number of hydrogen-bond donors (Lipinski definition) is 0. The lowest BCUT2D eigenvalue weighted by Gasteiger charge is -2.49. The van der Waals surface area contributed by atoms with Gasteiger partial charge in [0.2, 0.25) is 0 Å². The fourth-order valence-electron chi connectivity index (χ4n) is 6.33. The van der Waals surface area contributed by atoms with Crippen LogP contribution in [-0.2, 0) is 19.7 Å². The summed E-state index contributed by atoms with van der Waals surface area (Å²) in [7, 11) is -4.26. The van der Waals surface area contributed by atoms with Crippen molar-refractivity contribution in [1.29, 1.82) is 0 Å². The quantitative estimate of drug-likeness (QED) is 0.331. The lowest BCUT2D eigenvalue weighted by Crippen LogP contribution is -2.44. The minimum absolute atomic E-state index is 0.0308. The van der Waals surface area contributed by atoms with E-state index in [0.717, 1.165) is 11.4 Å². The first-order valence-corrected chi connectivity index (χ1v) is 15.6. The second-order valence-electron chi connectivity index (χ2n) is 12.5. The summed E-state index contributed by atoms with van der Waals surface area (Å²) in [4.78, 5) is 29.9. The standard InChI is InChI=1S/C31H33Cl2NO5S/c1-6-34-22-14-30(2,3)16-24(35)28(22)27(29-23(34)15-31(4,5)17-25(29)36)21-13-19(33)9-12-26(21)39-40(37,38)20-10-7-18(32)8-11-20/h7-13,27H,6,14-17H2,1-5H3. The molecular weight excluding hydrogens is 569 g/mol. The third kappa shape index (κ3) is 5.24. The molecule has 5 rings (SSSR count). The van der Waals surface area contributed by atoms with E-state index < -0.39 is 16.0 Å². The highest BCUT2D eigenvalue weighted by atomic mass is 35.5. The van der Waals surface area contributed by atoms with Crippen LogP contribution in [0.4, 0.5) is 0 Å². The highest BCUT2D eigenvalue weighted by Crippen LogP contribution is 2.55. The Morgan fingerprint density at radius 3 is 1.82 bits per heavy atom. The van der Waals surface area contributed by atoms with Gasteiger partial charge < -0.3 is 9.08 Å². The van der Waals surface area contributed by atoms with Gasteiger partial charge in [-0.3, -0.25) is 9.59 Å². The molecule has 2 aliphatic carbocycles. The van der Waals surface area contributed by atoms with Crippen molar-refractivity contribution in [2.24, 2.45) is 10.8 Å². The SMILES string of the molecule is CCN1C2=C(C(=O)CC(C)(C)C2)C(c2cc(Cl)ccc2OS(=O)(=O)c2ccc(Cl)cc2)C2=C1CC(C)(C)CC2=O. The smallest absolute Gasteiger partial charge is 0.339 e. The van der Waals surface area contributed by atoms with Gasteiger partial charge in [-0.2, -0.15) is 8.42 Å². The van der Waals surface area contributed by atoms with Crippen LogP contribution in [0.3, 0.4) is 0 Å². The summed E-state index contributed by atoms with van der Waals surface area (Å²) in [6.45, 7) is 10.9. The van der Waals surface area contributed by atoms with Crippen molar-refractivity contribution in [1.82, 2.24) is 4.90 Å². The third-order valence-corrected chi connectivity index (χ3v) is 9.66. The summed E-state index contributed by atoms with van der Waals surface area (Å²) in [6.07, 6.45) is 1.96. The molecular formula is C31H33Cl2NO5S. The normalized spacial score (nSPS) is 20.9. The predicted molar refractivity (Wildman–Crippen MR) is 156 cm³/mol. The van der Waals surface area contributed by atoms with Gasteiger partial charge in [0.05, 0.1) is 0 Å². The molecule has 0 atom stereocenters. The molecule has 9 heteroatoms. The van der Waals surface area contributed by atoms with E-state index in [9.17, 15) is 18.0 Å². The predicted octanol–water partition coefficient (Wildman–Crippen LogP) is 7.47. The second-order valence-corrected chi connectivity index (χ2v) is 14.9. The summed E-state index contributed by atoms with van der Waals surface area (Å²) >= 11 is 12.4. The van der Waals surface area contributed by atoms with Crippen LogP contribution in [0.15, 0.2) is 69.9 Å². The van der Waals surface area contributed by atoms with Gasteiger partial charge in [0.1, 0.15) is 10.6 Å². The van der Waals surface area contributed by atoms with Crippen molar-refractivity contribution in [3.05, 3.63) is 80.6 Å². The van der Waals surface area contributed by atoms with Gasteiger partial charge in [0.25, 0.3) is 0 Å². The molecule has 212 valence electrons. The molecule has 1 aliphatic heterocycles. The molecule has 1 heterocycles. The number of nitrogens with zero attached hydrogens (tertiary/aromatic N) is 1. The van der Waals surface area contributed by atoms with Crippen molar-refractivity contribution < 1.29 is 22.2 Å². The zero-order chi connectivity index (χ0) is 29.2. The molecule has 0 bridgehead atoms. The van der Waals surface area contributed by atoms with Crippen LogP contribution in [0.1, 0.15) is 71.8 Å². The van der Waals surface area contributed by atoms with E-state index in [1.807, 2.05) is 6.92 Å². The molecule has 0 fully saturated rings. The molecule has 0 amide bonds. The molecule has 6 nitrogen and oxygen atoms in total. The van der Waals surface area contributed by atoms with Crippen molar-refractivity contribution >= 4 is 44.9 Å². The van der Waals surface area contributed by atoms with E-state index in [1.54, 1.807) is 12.1 Å². The van der Waals surface area contributed by atoms with Gasteiger partial charge in [0, 0.05) is 63.5 Å². The Balaban J connectivity index is 1.75. The Kier molecular flexibility index (Phi) is 7.25. The number of Topliss-reactive ketones (excluding diaryl/α,β-unsaturated/α-hetero) is 2. The number of allylic oxidation sites excluding steroid dienone is 4. The zero-order valence-electron chi connectivity index (χ0n) is 23.3. The summed E-state index contributed by atoms with van der Waals surface area (Å²) in [5.74, 6) is -0.854. The maximum absolute atomic E-state index is 13.9. The van der Waals surface area contributed by atoms with Crippen molar-refractivity contribution in [3.63, 3.8) is 0 Å². The number of ketones is 2. The second kappa shape index (κ2) is 10.0. The molecule has 40 heavy (non-hydrogen) atoms. The van der Waals surface area contributed by atoms with Gasteiger partial charge in [0.15, 0.2) is 11.6 Å². The van der Waals surface area contributed by atoms with E-state index in [0.29, 0.717) is 59.0 Å². The fraction of sp³-hybridized carbons (Fsp3) is 0.419. The molecule has 3 aliphatic rings. The topological polar surface area (TPSA) is 80.8 Å². The highest BCUT2D eigenvalue weighted by molar-refractivity contribution is 7.87. The Bertz CT molecular complexity index is 1530. The molecule has 2 aromatic rings. The third-order valence-electron chi connectivity index (χ3n) is 7.92. The average Bonchev–Trinajstić information content (AvgIpc) is 2.82. The number of carbonyl (C=O) groups is 2. The van der Waals surface area contributed by atoms with Crippen LogP contribution in [0, 0.1) is 10.8 Å². The molecule has 2 aromatic carbocycles. The Morgan fingerprint density at radius 2 is 1.32 bits per heavy atom. The average molecular weight is 603 g/mol. The summed E-state index contributed by atoms with van der Waals surface area (Å²) in [5, 5.41) is 0.742. The molecule has 0 spiro atoms. The first kappa shape index (κ1) is 28.9. The minimum atomic E-state index is -4.26. The monoisotopic (exact) mass is 601 g/mol. The fourth-order valence-corrected chi connectivity index (χ4v) is 7.59.